The summed E-state index contributed by atoms with van der Waals surface area (Å²) >= 11 is 5.37. The molecule has 0 saturated heterocycles. The van der Waals surface area contributed by atoms with Gasteiger partial charge in [0.05, 0.1) is 19.9 Å². The van der Waals surface area contributed by atoms with E-state index < -0.39 is 0 Å². The standard InChI is InChI=1S/C17H20N2O2S/c1-11-7-12(2)9-13(8-11)18-17(22)19-15-10-14(20-3)5-6-16(15)21-4/h5-10H,1-4H3,(H2,18,19,22). The van der Waals surface area contributed by atoms with Crippen molar-refractivity contribution in [3.63, 3.8) is 0 Å². The van der Waals surface area contributed by atoms with Crippen molar-refractivity contribution in [2.45, 2.75) is 13.8 Å². The lowest BCUT2D eigenvalue weighted by Gasteiger charge is -2.15. The smallest absolute Gasteiger partial charge is 0.175 e. The molecular weight excluding hydrogens is 296 g/mol. The molecule has 0 spiro atoms. The third kappa shape index (κ3) is 4.11. The van der Waals surface area contributed by atoms with Crippen LogP contribution in [0.3, 0.4) is 0 Å². The van der Waals surface area contributed by atoms with Crippen molar-refractivity contribution >= 4 is 28.7 Å². The first-order valence-electron chi connectivity index (χ1n) is 6.90. The molecule has 22 heavy (non-hydrogen) atoms. The van der Waals surface area contributed by atoms with E-state index in [0.717, 1.165) is 17.1 Å². The van der Waals surface area contributed by atoms with Crippen LogP contribution < -0.4 is 20.1 Å². The average molecular weight is 316 g/mol. The molecule has 0 amide bonds. The first-order valence-corrected chi connectivity index (χ1v) is 7.31. The number of anilines is 2. The number of benzene rings is 2. The van der Waals surface area contributed by atoms with Gasteiger partial charge in [-0.2, -0.15) is 0 Å². The zero-order valence-electron chi connectivity index (χ0n) is 13.2. The average Bonchev–Trinajstić information content (AvgIpc) is 2.45. The van der Waals surface area contributed by atoms with E-state index in [4.69, 9.17) is 21.7 Å². The summed E-state index contributed by atoms with van der Waals surface area (Å²) in [6, 6.07) is 11.7. The second-order valence-corrected chi connectivity index (χ2v) is 5.43. The summed E-state index contributed by atoms with van der Waals surface area (Å²) in [4.78, 5) is 0. The lowest BCUT2D eigenvalue weighted by Crippen LogP contribution is -2.19. The molecule has 2 aromatic carbocycles. The second kappa shape index (κ2) is 7.13. The number of thiocarbonyl (C=S) groups is 1. The van der Waals surface area contributed by atoms with Gasteiger partial charge in [-0.3, -0.25) is 0 Å². The fourth-order valence-electron chi connectivity index (χ4n) is 2.24. The Balaban J connectivity index is 2.14. The maximum Gasteiger partial charge on any atom is 0.175 e. The van der Waals surface area contributed by atoms with Crippen LogP contribution in [0.5, 0.6) is 11.5 Å². The van der Waals surface area contributed by atoms with Crippen molar-refractivity contribution in [1.82, 2.24) is 0 Å². The van der Waals surface area contributed by atoms with E-state index >= 15 is 0 Å². The zero-order valence-corrected chi connectivity index (χ0v) is 14.0. The fourth-order valence-corrected chi connectivity index (χ4v) is 2.47. The SMILES string of the molecule is COc1ccc(OC)c(NC(=S)Nc2cc(C)cc(C)c2)c1. The maximum absolute atomic E-state index is 5.37. The van der Waals surface area contributed by atoms with E-state index in [1.54, 1.807) is 14.2 Å². The van der Waals surface area contributed by atoms with Crippen molar-refractivity contribution in [3.05, 3.63) is 47.5 Å². The Morgan fingerprint density at radius 1 is 0.909 bits per heavy atom. The predicted molar refractivity (Wildman–Crippen MR) is 95.3 cm³/mol. The monoisotopic (exact) mass is 316 g/mol. The molecule has 0 unspecified atom stereocenters. The Morgan fingerprint density at radius 3 is 2.18 bits per heavy atom. The van der Waals surface area contributed by atoms with Crippen LogP contribution in [-0.2, 0) is 0 Å². The minimum atomic E-state index is 0.497. The van der Waals surface area contributed by atoms with Gasteiger partial charge in [0.1, 0.15) is 11.5 Å². The highest BCUT2D eigenvalue weighted by molar-refractivity contribution is 7.80. The first kappa shape index (κ1) is 16.1. The molecule has 116 valence electrons. The van der Waals surface area contributed by atoms with E-state index in [9.17, 15) is 0 Å². The summed E-state index contributed by atoms with van der Waals surface area (Å²) in [6.45, 7) is 4.11. The number of aryl methyl sites for hydroxylation is 2. The minimum Gasteiger partial charge on any atom is -0.497 e. The van der Waals surface area contributed by atoms with Gasteiger partial charge in [0.25, 0.3) is 0 Å². The second-order valence-electron chi connectivity index (χ2n) is 5.02. The van der Waals surface area contributed by atoms with Crippen LogP contribution in [0.1, 0.15) is 11.1 Å². The van der Waals surface area contributed by atoms with E-state index in [-0.39, 0.29) is 0 Å². The van der Waals surface area contributed by atoms with Crippen LogP contribution in [0.4, 0.5) is 11.4 Å². The van der Waals surface area contributed by atoms with Crippen molar-refractivity contribution < 1.29 is 9.47 Å². The van der Waals surface area contributed by atoms with Crippen LogP contribution in [0.25, 0.3) is 0 Å². The van der Waals surface area contributed by atoms with Crippen LogP contribution in [0.2, 0.25) is 0 Å². The Hall–Kier alpha value is -2.27. The summed E-state index contributed by atoms with van der Waals surface area (Å²) in [5.41, 5.74) is 4.08. The molecule has 2 rings (SSSR count). The number of rotatable bonds is 4. The summed E-state index contributed by atoms with van der Waals surface area (Å²) in [6.07, 6.45) is 0. The molecule has 0 radical (unpaired) electrons. The first-order chi connectivity index (χ1) is 10.5. The largest absolute Gasteiger partial charge is 0.497 e. The van der Waals surface area contributed by atoms with Gasteiger partial charge in [-0.05, 0) is 61.5 Å². The summed E-state index contributed by atoms with van der Waals surface area (Å²) < 4.78 is 10.6. The topological polar surface area (TPSA) is 42.5 Å². The van der Waals surface area contributed by atoms with E-state index in [1.165, 1.54) is 11.1 Å². The molecule has 0 atom stereocenters. The highest BCUT2D eigenvalue weighted by Crippen LogP contribution is 2.29. The van der Waals surface area contributed by atoms with Gasteiger partial charge < -0.3 is 20.1 Å². The summed E-state index contributed by atoms with van der Waals surface area (Å²) in [5.74, 6) is 1.43. The molecular formula is C17H20N2O2S. The molecule has 5 heteroatoms. The highest BCUT2D eigenvalue weighted by Gasteiger charge is 2.07. The Kier molecular flexibility index (Phi) is 5.22. The van der Waals surface area contributed by atoms with Crippen LogP contribution in [-0.4, -0.2) is 19.3 Å². The van der Waals surface area contributed by atoms with E-state index in [2.05, 4.69) is 30.5 Å². The molecule has 0 aliphatic carbocycles. The number of methoxy groups -OCH3 is 2. The molecule has 0 aliphatic rings. The fraction of sp³-hybridized carbons (Fsp3) is 0.235. The number of ether oxygens (including phenoxy) is 2. The Morgan fingerprint density at radius 2 is 1.59 bits per heavy atom. The third-order valence-corrected chi connectivity index (χ3v) is 3.34. The maximum atomic E-state index is 5.37. The molecule has 2 aromatic rings. The van der Waals surface area contributed by atoms with Crippen molar-refractivity contribution in [3.8, 4) is 11.5 Å². The highest BCUT2D eigenvalue weighted by atomic mass is 32.1. The number of nitrogens with one attached hydrogen (secondary N) is 2. The molecule has 4 nitrogen and oxygen atoms in total. The molecule has 0 fully saturated rings. The van der Waals surface area contributed by atoms with Crippen LogP contribution in [0, 0.1) is 13.8 Å². The lowest BCUT2D eigenvalue weighted by molar-refractivity contribution is 0.405. The molecule has 0 heterocycles. The van der Waals surface area contributed by atoms with Crippen LogP contribution >= 0.6 is 12.2 Å². The Labute approximate surface area is 136 Å². The summed E-state index contributed by atoms with van der Waals surface area (Å²) in [5, 5.41) is 6.82. The lowest BCUT2D eigenvalue weighted by atomic mass is 10.1. The van der Waals surface area contributed by atoms with Gasteiger partial charge in [0, 0.05) is 11.8 Å². The van der Waals surface area contributed by atoms with E-state index in [1.807, 2.05) is 30.3 Å². The van der Waals surface area contributed by atoms with Gasteiger partial charge in [-0.15, -0.1) is 0 Å². The van der Waals surface area contributed by atoms with Gasteiger partial charge in [0.2, 0.25) is 0 Å². The van der Waals surface area contributed by atoms with Crippen molar-refractivity contribution in [2.24, 2.45) is 0 Å². The number of hydrogen-bond donors (Lipinski definition) is 2. The van der Waals surface area contributed by atoms with E-state index in [0.29, 0.717) is 10.9 Å². The quantitative estimate of drug-likeness (QED) is 0.830. The molecule has 0 aromatic heterocycles. The zero-order chi connectivity index (χ0) is 16.1. The van der Waals surface area contributed by atoms with Gasteiger partial charge in [-0.1, -0.05) is 6.07 Å². The van der Waals surface area contributed by atoms with Crippen LogP contribution in [0.15, 0.2) is 36.4 Å². The third-order valence-electron chi connectivity index (χ3n) is 3.13. The molecule has 2 N–H and O–H groups in total. The predicted octanol–water partition coefficient (Wildman–Crippen LogP) is 4.13. The number of hydrogen-bond acceptors (Lipinski definition) is 3. The minimum absolute atomic E-state index is 0.497. The summed E-state index contributed by atoms with van der Waals surface area (Å²) in [7, 11) is 3.24. The van der Waals surface area contributed by atoms with Gasteiger partial charge in [-0.25, -0.2) is 0 Å². The molecule has 0 bridgehead atoms. The van der Waals surface area contributed by atoms with Crippen molar-refractivity contribution in [1.29, 1.82) is 0 Å². The van der Waals surface area contributed by atoms with Crippen molar-refractivity contribution in [2.75, 3.05) is 24.9 Å². The Bertz CT molecular complexity index is 666. The van der Waals surface area contributed by atoms with Gasteiger partial charge in [0.15, 0.2) is 5.11 Å². The van der Waals surface area contributed by atoms with Gasteiger partial charge >= 0.3 is 0 Å². The molecule has 0 aliphatic heterocycles. The normalized spacial score (nSPS) is 10.0. The molecule has 0 saturated carbocycles.